The molecule has 6 nitrogen and oxygen atoms in total. The van der Waals surface area contributed by atoms with E-state index >= 15 is 0 Å². The van der Waals surface area contributed by atoms with Crippen molar-refractivity contribution in [2.45, 2.75) is 0 Å². The summed E-state index contributed by atoms with van der Waals surface area (Å²) in [6.07, 6.45) is 3.24. The van der Waals surface area contributed by atoms with Gasteiger partial charge in [-0.3, -0.25) is 4.79 Å². The number of ether oxygens (including phenoxy) is 5. The highest BCUT2D eigenvalue weighted by atomic mass is 32.1. The van der Waals surface area contributed by atoms with Crippen molar-refractivity contribution in [3.63, 3.8) is 0 Å². The molecule has 0 saturated carbocycles. The summed E-state index contributed by atoms with van der Waals surface area (Å²) in [5.41, 5.74) is 2.13. The van der Waals surface area contributed by atoms with E-state index in [0.717, 1.165) is 16.0 Å². The van der Waals surface area contributed by atoms with Crippen molar-refractivity contribution in [2.24, 2.45) is 0 Å². The molecule has 0 aliphatic heterocycles. The Morgan fingerprint density at radius 1 is 0.806 bits per heavy atom. The van der Waals surface area contributed by atoms with Crippen LogP contribution in [0.15, 0.2) is 47.9 Å². The Hall–Kier alpha value is -3.45. The van der Waals surface area contributed by atoms with Crippen molar-refractivity contribution < 1.29 is 28.5 Å². The molecule has 0 radical (unpaired) electrons. The minimum atomic E-state index is -0.202. The van der Waals surface area contributed by atoms with Gasteiger partial charge in [-0.25, -0.2) is 0 Å². The fourth-order valence-corrected chi connectivity index (χ4v) is 3.93. The quantitative estimate of drug-likeness (QED) is 0.330. The van der Waals surface area contributed by atoms with Crippen LogP contribution in [0, 0.1) is 0 Å². The lowest BCUT2D eigenvalue weighted by atomic mass is 10.0. The number of ketones is 1. The second kappa shape index (κ2) is 10.0. The van der Waals surface area contributed by atoms with Gasteiger partial charge in [0.25, 0.3) is 0 Å². The zero-order valence-electron chi connectivity index (χ0n) is 18.1. The summed E-state index contributed by atoms with van der Waals surface area (Å²) in [5.74, 6) is 2.32. The molecule has 0 fully saturated rings. The summed E-state index contributed by atoms with van der Waals surface area (Å²) in [6.45, 7) is 0. The van der Waals surface area contributed by atoms with E-state index in [1.54, 1.807) is 43.8 Å². The minimum absolute atomic E-state index is 0.202. The molecule has 0 atom stereocenters. The maximum Gasteiger partial charge on any atom is 0.203 e. The van der Waals surface area contributed by atoms with Crippen molar-refractivity contribution >= 4 is 23.2 Å². The summed E-state index contributed by atoms with van der Waals surface area (Å²) in [5, 5.41) is 2.00. The van der Waals surface area contributed by atoms with Gasteiger partial charge in [0.15, 0.2) is 28.8 Å². The van der Waals surface area contributed by atoms with Gasteiger partial charge in [0.1, 0.15) is 0 Å². The molecule has 31 heavy (non-hydrogen) atoms. The number of hydrogen-bond donors (Lipinski definition) is 0. The van der Waals surface area contributed by atoms with Crippen LogP contribution in [-0.2, 0) is 0 Å². The van der Waals surface area contributed by atoms with Gasteiger partial charge in [0, 0.05) is 16.0 Å². The molecule has 0 aliphatic carbocycles. The molecule has 0 N–H and O–H groups in total. The van der Waals surface area contributed by atoms with Crippen LogP contribution in [0.2, 0.25) is 0 Å². The molecule has 1 aromatic heterocycles. The maximum atomic E-state index is 12.9. The Labute approximate surface area is 185 Å². The highest BCUT2D eigenvalue weighted by Gasteiger charge is 2.17. The minimum Gasteiger partial charge on any atom is -0.493 e. The van der Waals surface area contributed by atoms with Crippen molar-refractivity contribution in [2.75, 3.05) is 35.5 Å². The summed E-state index contributed by atoms with van der Waals surface area (Å²) in [7, 11) is 7.74. The van der Waals surface area contributed by atoms with Crippen molar-refractivity contribution in [1.82, 2.24) is 0 Å². The van der Waals surface area contributed by atoms with Crippen LogP contribution >= 0.6 is 11.3 Å². The molecule has 7 heteroatoms. The Morgan fingerprint density at radius 3 is 1.94 bits per heavy atom. The number of allylic oxidation sites excluding steroid dienone is 1. The van der Waals surface area contributed by atoms with Crippen LogP contribution < -0.4 is 23.7 Å². The lowest BCUT2D eigenvalue weighted by Crippen LogP contribution is -2.00. The standard InChI is InChI=1S/C24H24O6S/c1-26-19-12-15(11-17(23(19)29-4)22-7-6-10-31-22)8-9-18(25)16-13-20(27-2)24(30-5)21(14-16)28-3/h6-14H,1-5H3. The lowest BCUT2D eigenvalue weighted by molar-refractivity contribution is 0.104. The monoisotopic (exact) mass is 440 g/mol. The van der Waals surface area contributed by atoms with Crippen molar-refractivity contribution in [1.29, 1.82) is 0 Å². The number of methoxy groups -OCH3 is 5. The molecule has 0 bridgehead atoms. The second-order valence-electron chi connectivity index (χ2n) is 6.39. The summed E-state index contributed by atoms with van der Waals surface area (Å²) in [6, 6.07) is 11.0. The molecule has 0 unspecified atom stereocenters. The first-order chi connectivity index (χ1) is 15.1. The largest absolute Gasteiger partial charge is 0.493 e. The van der Waals surface area contributed by atoms with Gasteiger partial charge in [-0.05, 0) is 47.4 Å². The average Bonchev–Trinajstić information content (AvgIpc) is 3.35. The number of rotatable bonds is 9. The topological polar surface area (TPSA) is 63.2 Å². The molecule has 3 aromatic rings. The predicted octanol–water partition coefficient (Wildman–Crippen LogP) is 5.35. The fourth-order valence-electron chi connectivity index (χ4n) is 3.19. The van der Waals surface area contributed by atoms with E-state index in [1.807, 2.05) is 29.6 Å². The third kappa shape index (κ3) is 4.67. The van der Waals surface area contributed by atoms with E-state index < -0.39 is 0 Å². The molecule has 2 aromatic carbocycles. The molecule has 162 valence electrons. The van der Waals surface area contributed by atoms with Gasteiger partial charge in [0.2, 0.25) is 5.75 Å². The molecule has 0 spiro atoms. The van der Waals surface area contributed by atoms with Crippen LogP contribution in [0.3, 0.4) is 0 Å². The maximum absolute atomic E-state index is 12.9. The second-order valence-corrected chi connectivity index (χ2v) is 7.34. The first-order valence-electron chi connectivity index (χ1n) is 9.38. The molecule has 3 rings (SSSR count). The first kappa shape index (κ1) is 22.2. The zero-order valence-corrected chi connectivity index (χ0v) is 18.9. The van der Waals surface area contributed by atoms with E-state index in [1.165, 1.54) is 27.4 Å². The third-order valence-corrected chi connectivity index (χ3v) is 5.57. The number of carbonyl (C=O) groups excluding carboxylic acids is 1. The molecular weight excluding hydrogens is 416 g/mol. The van der Waals surface area contributed by atoms with E-state index in [-0.39, 0.29) is 5.78 Å². The molecular formula is C24H24O6S. The fraction of sp³-hybridized carbons (Fsp3) is 0.208. The van der Waals surface area contributed by atoms with E-state index in [2.05, 4.69) is 0 Å². The van der Waals surface area contributed by atoms with Crippen LogP contribution in [-0.4, -0.2) is 41.3 Å². The number of carbonyl (C=O) groups is 1. The van der Waals surface area contributed by atoms with Crippen LogP contribution in [0.5, 0.6) is 28.7 Å². The molecule has 0 amide bonds. The van der Waals surface area contributed by atoms with Gasteiger partial charge in [-0.1, -0.05) is 12.1 Å². The predicted molar refractivity (Wildman–Crippen MR) is 122 cm³/mol. The summed E-state index contributed by atoms with van der Waals surface area (Å²) in [4.78, 5) is 13.9. The number of thiophene rings is 1. The number of benzene rings is 2. The van der Waals surface area contributed by atoms with Crippen LogP contribution in [0.4, 0.5) is 0 Å². The Balaban J connectivity index is 1.98. The molecule has 1 heterocycles. The van der Waals surface area contributed by atoms with E-state index in [4.69, 9.17) is 23.7 Å². The van der Waals surface area contributed by atoms with E-state index in [9.17, 15) is 4.79 Å². The normalized spacial score (nSPS) is 10.7. The van der Waals surface area contributed by atoms with Crippen molar-refractivity contribution in [3.05, 3.63) is 59.0 Å². The summed E-state index contributed by atoms with van der Waals surface area (Å²) >= 11 is 1.60. The van der Waals surface area contributed by atoms with Crippen LogP contribution in [0.1, 0.15) is 15.9 Å². The Bertz CT molecular complexity index is 1060. The average molecular weight is 441 g/mol. The van der Waals surface area contributed by atoms with Crippen LogP contribution in [0.25, 0.3) is 16.5 Å². The Morgan fingerprint density at radius 2 is 1.42 bits per heavy atom. The van der Waals surface area contributed by atoms with Gasteiger partial charge in [-0.15, -0.1) is 11.3 Å². The third-order valence-electron chi connectivity index (χ3n) is 4.66. The highest BCUT2D eigenvalue weighted by molar-refractivity contribution is 7.13. The summed E-state index contributed by atoms with van der Waals surface area (Å²) < 4.78 is 27.1. The Kier molecular flexibility index (Phi) is 7.20. The highest BCUT2D eigenvalue weighted by Crippen LogP contribution is 2.41. The van der Waals surface area contributed by atoms with Gasteiger partial charge >= 0.3 is 0 Å². The van der Waals surface area contributed by atoms with Gasteiger partial charge in [-0.2, -0.15) is 0 Å². The smallest absolute Gasteiger partial charge is 0.203 e. The van der Waals surface area contributed by atoms with Gasteiger partial charge in [0.05, 0.1) is 35.5 Å². The SMILES string of the molecule is COc1cc(C(=O)C=Cc2cc(OC)c(OC)c(-c3cccs3)c2)cc(OC)c1OC. The molecule has 0 saturated heterocycles. The number of hydrogen-bond acceptors (Lipinski definition) is 7. The lowest BCUT2D eigenvalue weighted by Gasteiger charge is -2.13. The zero-order chi connectivity index (χ0) is 22.4. The van der Waals surface area contributed by atoms with Crippen molar-refractivity contribution in [3.8, 4) is 39.2 Å². The first-order valence-corrected chi connectivity index (χ1v) is 10.3. The molecule has 0 aliphatic rings. The van der Waals surface area contributed by atoms with Gasteiger partial charge < -0.3 is 23.7 Å². The van der Waals surface area contributed by atoms with E-state index in [0.29, 0.717) is 34.3 Å².